The third-order valence-electron chi connectivity index (χ3n) is 4.37. The summed E-state index contributed by atoms with van der Waals surface area (Å²) in [5.41, 5.74) is 3.73. The molecule has 0 unspecified atom stereocenters. The fourth-order valence-corrected chi connectivity index (χ4v) is 4.58. The molecular formula is C22H17FN2OS2. The number of benzene rings is 2. The van der Waals surface area contributed by atoms with Crippen molar-refractivity contribution in [1.82, 2.24) is 9.55 Å². The monoisotopic (exact) mass is 408 g/mol. The summed E-state index contributed by atoms with van der Waals surface area (Å²) >= 11 is 2.92. The zero-order chi connectivity index (χ0) is 19.5. The number of nitrogens with zero attached hydrogens (tertiary/aromatic N) is 2. The van der Waals surface area contributed by atoms with Gasteiger partial charge >= 0.3 is 0 Å². The lowest BCUT2D eigenvalue weighted by molar-refractivity contribution is 0.623. The molecule has 0 aliphatic rings. The zero-order valence-corrected chi connectivity index (χ0v) is 16.6. The Hall–Kier alpha value is -2.70. The molecule has 140 valence electrons. The molecule has 2 aromatic heterocycles. The fraction of sp³-hybridized carbons (Fsp3) is 0.0909. The lowest BCUT2D eigenvalue weighted by atomic mass is 10.1. The molecule has 3 nitrogen and oxygen atoms in total. The standard InChI is InChI=1S/C22H17FN2OS2/c1-2-15-3-5-17(6-4-15)14-28-22-24-19-11-12-27-20(19)21(26)25(22)13-16-7-9-18(23)10-8-16/h2-12H,1,13-14H2. The van der Waals surface area contributed by atoms with Gasteiger partial charge in [0.15, 0.2) is 5.16 Å². The van der Waals surface area contributed by atoms with Gasteiger partial charge in [-0.2, -0.15) is 0 Å². The van der Waals surface area contributed by atoms with Gasteiger partial charge in [0.25, 0.3) is 5.56 Å². The van der Waals surface area contributed by atoms with Crippen LogP contribution in [0, 0.1) is 5.82 Å². The summed E-state index contributed by atoms with van der Waals surface area (Å²) < 4.78 is 15.5. The Morgan fingerprint density at radius 2 is 1.79 bits per heavy atom. The van der Waals surface area contributed by atoms with Crippen LogP contribution in [0.25, 0.3) is 16.3 Å². The molecule has 0 spiro atoms. The van der Waals surface area contributed by atoms with E-state index >= 15 is 0 Å². The van der Waals surface area contributed by atoms with Crippen LogP contribution in [0.5, 0.6) is 0 Å². The van der Waals surface area contributed by atoms with E-state index in [9.17, 15) is 9.18 Å². The van der Waals surface area contributed by atoms with Crippen LogP contribution in [0.1, 0.15) is 16.7 Å². The maximum absolute atomic E-state index is 13.2. The Bertz CT molecular complexity index is 1180. The van der Waals surface area contributed by atoms with E-state index in [1.165, 1.54) is 35.2 Å². The fourth-order valence-electron chi connectivity index (χ4n) is 2.84. The van der Waals surface area contributed by atoms with Crippen molar-refractivity contribution in [1.29, 1.82) is 0 Å². The van der Waals surface area contributed by atoms with Crippen LogP contribution in [-0.2, 0) is 12.3 Å². The molecule has 4 rings (SSSR count). The van der Waals surface area contributed by atoms with E-state index in [1.54, 1.807) is 16.7 Å². The number of thiophene rings is 1. The number of halogens is 1. The number of aromatic nitrogens is 2. The maximum Gasteiger partial charge on any atom is 0.272 e. The average molecular weight is 409 g/mol. The quantitative estimate of drug-likeness (QED) is 0.309. The topological polar surface area (TPSA) is 34.9 Å². The van der Waals surface area contributed by atoms with E-state index in [-0.39, 0.29) is 11.4 Å². The predicted octanol–water partition coefficient (Wildman–Crippen LogP) is 5.58. The molecule has 0 amide bonds. The van der Waals surface area contributed by atoms with Gasteiger partial charge in [-0.05, 0) is 40.3 Å². The molecule has 0 bridgehead atoms. The summed E-state index contributed by atoms with van der Waals surface area (Å²) in [4.78, 5) is 17.7. The smallest absolute Gasteiger partial charge is 0.272 e. The maximum atomic E-state index is 13.2. The van der Waals surface area contributed by atoms with Crippen LogP contribution in [0.4, 0.5) is 4.39 Å². The van der Waals surface area contributed by atoms with Gasteiger partial charge in [-0.15, -0.1) is 11.3 Å². The summed E-state index contributed by atoms with van der Waals surface area (Å²) in [5, 5.41) is 2.54. The van der Waals surface area contributed by atoms with E-state index in [2.05, 4.69) is 18.7 Å². The highest BCUT2D eigenvalue weighted by atomic mass is 32.2. The van der Waals surface area contributed by atoms with Gasteiger partial charge in [0.2, 0.25) is 0 Å². The van der Waals surface area contributed by atoms with Crippen molar-refractivity contribution in [3.8, 4) is 0 Å². The third-order valence-corrected chi connectivity index (χ3v) is 6.31. The van der Waals surface area contributed by atoms with E-state index in [1.807, 2.05) is 29.7 Å². The average Bonchev–Trinajstić information content (AvgIpc) is 3.19. The molecule has 0 aliphatic heterocycles. The summed E-state index contributed by atoms with van der Waals surface area (Å²) in [6.07, 6.45) is 1.81. The van der Waals surface area contributed by atoms with E-state index in [4.69, 9.17) is 4.98 Å². The predicted molar refractivity (Wildman–Crippen MR) is 115 cm³/mol. The van der Waals surface area contributed by atoms with Gasteiger partial charge in [-0.3, -0.25) is 9.36 Å². The first-order valence-corrected chi connectivity index (χ1v) is 10.6. The lowest BCUT2D eigenvalue weighted by Crippen LogP contribution is -2.23. The van der Waals surface area contributed by atoms with Crippen molar-refractivity contribution >= 4 is 39.4 Å². The number of hydrogen-bond donors (Lipinski definition) is 0. The molecule has 0 aliphatic carbocycles. The first-order chi connectivity index (χ1) is 13.6. The van der Waals surface area contributed by atoms with Gasteiger partial charge in [0, 0.05) is 5.75 Å². The summed E-state index contributed by atoms with van der Waals surface area (Å²) in [5.74, 6) is 0.406. The van der Waals surface area contributed by atoms with E-state index in [0.717, 1.165) is 22.2 Å². The van der Waals surface area contributed by atoms with Crippen LogP contribution >= 0.6 is 23.1 Å². The van der Waals surface area contributed by atoms with Crippen LogP contribution in [-0.4, -0.2) is 9.55 Å². The molecule has 0 fully saturated rings. The normalized spacial score (nSPS) is 11.0. The molecule has 2 heterocycles. The zero-order valence-electron chi connectivity index (χ0n) is 15.0. The van der Waals surface area contributed by atoms with Crippen LogP contribution in [0.15, 0.2) is 76.5 Å². The lowest BCUT2D eigenvalue weighted by Gasteiger charge is -2.12. The van der Waals surface area contributed by atoms with Gasteiger partial charge in [0.05, 0.1) is 12.1 Å². The Morgan fingerprint density at radius 1 is 1.07 bits per heavy atom. The van der Waals surface area contributed by atoms with Gasteiger partial charge in [0.1, 0.15) is 10.5 Å². The van der Waals surface area contributed by atoms with Crippen LogP contribution < -0.4 is 5.56 Å². The van der Waals surface area contributed by atoms with Crippen LogP contribution in [0.3, 0.4) is 0 Å². The van der Waals surface area contributed by atoms with Crippen molar-refractivity contribution in [3.63, 3.8) is 0 Å². The largest absolute Gasteiger partial charge is 0.282 e. The van der Waals surface area contributed by atoms with Gasteiger partial charge in [-0.25, -0.2) is 9.37 Å². The first kappa shape index (κ1) is 18.7. The Kier molecular flexibility index (Phi) is 5.41. The van der Waals surface area contributed by atoms with Crippen LogP contribution in [0.2, 0.25) is 0 Å². The summed E-state index contributed by atoms with van der Waals surface area (Å²) in [6, 6.07) is 16.2. The summed E-state index contributed by atoms with van der Waals surface area (Å²) in [7, 11) is 0. The molecule has 0 atom stereocenters. The molecule has 2 aromatic carbocycles. The molecule has 0 N–H and O–H groups in total. The highest BCUT2D eigenvalue weighted by Gasteiger charge is 2.13. The summed E-state index contributed by atoms with van der Waals surface area (Å²) in [6.45, 7) is 4.13. The molecule has 6 heteroatoms. The second-order valence-corrected chi connectivity index (χ2v) is 8.14. The number of thioether (sulfide) groups is 1. The third kappa shape index (κ3) is 3.93. The van der Waals surface area contributed by atoms with E-state index < -0.39 is 0 Å². The highest BCUT2D eigenvalue weighted by Crippen LogP contribution is 2.25. The highest BCUT2D eigenvalue weighted by molar-refractivity contribution is 7.98. The van der Waals surface area contributed by atoms with Gasteiger partial charge in [-0.1, -0.05) is 60.8 Å². The molecule has 0 saturated heterocycles. The second kappa shape index (κ2) is 8.12. The minimum Gasteiger partial charge on any atom is -0.282 e. The van der Waals surface area contributed by atoms with E-state index in [0.29, 0.717) is 22.2 Å². The molecular weight excluding hydrogens is 391 g/mol. The number of hydrogen-bond acceptors (Lipinski definition) is 4. The number of fused-ring (bicyclic) bond motifs is 1. The van der Waals surface area contributed by atoms with Crippen molar-refractivity contribution < 1.29 is 4.39 Å². The van der Waals surface area contributed by atoms with Gasteiger partial charge < -0.3 is 0 Å². The Labute approximate surface area is 170 Å². The van der Waals surface area contributed by atoms with Crippen molar-refractivity contribution in [2.24, 2.45) is 0 Å². The molecule has 0 saturated carbocycles. The minimum atomic E-state index is -0.291. The van der Waals surface area contributed by atoms with Crippen molar-refractivity contribution in [3.05, 3.63) is 99.4 Å². The second-order valence-electron chi connectivity index (χ2n) is 6.28. The Morgan fingerprint density at radius 3 is 2.50 bits per heavy atom. The number of rotatable bonds is 6. The van der Waals surface area contributed by atoms with Crippen molar-refractivity contribution in [2.45, 2.75) is 17.5 Å². The Balaban J connectivity index is 1.67. The molecule has 28 heavy (non-hydrogen) atoms. The van der Waals surface area contributed by atoms with Crippen molar-refractivity contribution in [2.75, 3.05) is 0 Å². The SMILES string of the molecule is C=Cc1ccc(CSc2nc3ccsc3c(=O)n2Cc2ccc(F)cc2)cc1. The molecule has 0 radical (unpaired) electrons. The molecule has 4 aromatic rings. The first-order valence-electron chi connectivity index (χ1n) is 8.71. The minimum absolute atomic E-state index is 0.0613.